The smallest absolute Gasteiger partial charge is 0.124 e. The summed E-state index contributed by atoms with van der Waals surface area (Å²) in [4.78, 5) is 2.58. The average Bonchev–Trinajstić information content (AvgIpc) is 2.63. The molecule has 1 heterocycles. The minimum Gasteiger partial charge on any atom is -0.499 e. The molecule has 0 N–H and O–H groups in total. The molecule has 1 aromatic carbocycles. The maximum atomic E-state index is 6.15. The maximum absolute atomic E-state index is 6.15. The van der Waals surface area contributed by atoms with E-state index in [1.807, 2.05) is 7.11 Å². The summed E-state index contributed by atoms with van der Waals surface area (Å²) in [6.45, 7) is 5.73. The van der Waals surface area contributed by atoms with Crippen molar-refractivity contribution in [1.82, 2.24) is 4.90 Å². The van der Waals surface area contributed by atoms with Crippen molar-refractivity contribution in [2.75, 3.05) is 27.8 Å². The van der Waals surface area contributed by atoms with Crippen LogP contribution < -0.4 is 0 Å². The SMILES string of the molecule is CCc1ccc2c(c1C)C13CCN(C)C(C2)C1CC=C(OC)C3OC. The molecule has 3 nitrogen and oxygen atoms in total. The molecule has 1 saturated heterocycles. The van der Waals surface area contributed by atoms with Gasteiger partial charge >= 0.3 is 0 Å². The van der Waals surface area contributed by atoms with Gasteiger partial charge in [-0.05, 0) is 80.4 Å². The van der Waals surface area contributed by atoms with Crippen LogP contribution in [0.4, 0.5) is 0 Å². The first-order chi connectivity index (χ1) is 12.1. The van der Waals surface area contributed by atoms with Gasteiger partial charge in [-0.3, -0.25) is 0 Å². The van der Waals surface area contributed by atoms with E-state index in [2.05, 4.69) is 44.0 Å². The number of ether oxygens (including phenoxy) is 2. The van der Waals surface area contributed by atoms with E-state index in [1.54, 1.807) is 12.7 Å². The summed E-state index contributed by atoms with van der Waals surface area (Å²) >= 11 is 0. The molecule has 25 heavy (non-hydrogen) atoms. The first-order valence-corrected chi connectivity index (χ1v) is 9.67. The average molecular weight is 341 g/mol. The molecule has 3 aliphatic rings. The Morgan fingerprint density at radius 2 is 2.08 bits per heavy atom. The lowest BCUT2D eigenvalue weighted by Crippen LogP contribution is -2.65. The topological polar surface area (TPSA) is 21.7 Å². The Morgan fingerprint density at radius 1 is 1.28 bits per heavy atom. The van der Waals surface area contributed by atoms with E-state index in [0.29, 0.717) is 12.0 Å². The molecule has 4 rings (SSSR count). The molecular weight excluding hydrogens is 310 g/mol. The molecule has 0 amide bonds. The van der Waals surface area contributed by atoms with E-state index < -0.39 is 0 Å². The lowest BCUT2D eigenvalue weighted by atomic mass is 9.51. The number of rotatable bonds is 3. The summed E-state index contributed by atoms with van der Waals surface area (Å²) < 4.78 is 11.9. The lowest BCUT2D eigenvalue weighted by Gasteiger charge is -2.60. The van der Waals surface area contributed by atoms with Crippen LogP contribution in [0.5, 0.6) is 0 Å². The number of allylic oxidation sites excluding steroid dienone is 1. The largest absolute Gasteiger partial charge is 0.499 e. The molecule has 1 aliphatic heterocycles. The fourth-order valence-corrected chi connectivity index (χ4v) is 6.15. The number of nitrogens with zero attached hydrogens (tertiary/aromatic N) is 1. The predicted octanol–water partition coefficient (Wildman–Crippen LogP) is 3.62. The molecule has 2 aliphatic carbocycles. The fraction of sp³-hybridized carbons (Fsp3) is 0.636. The Labute approximate surface area is 152 Å². The van der Waals surface area contributed by atoms with E-state index in [9.17, 15) is 0 Å². The molecule has 1 aromatic rings. The van der Waals surface area contributed by atoms with Gasteiger partial charge in [-0.25, -0.2) is 0 Å². The van der Waals surface area contributed by atoms with Crippen LogP contribution in [0.15, 0.2) is 24.0 Å². The van der Waals surface area contributed by atoms with Crippen LogP contribution >= 0.6 is 0 Å². The number of hydrogen-bond acceptors (Lipinski definition) is 3. The van der Waals surface area contributed by atoms with Gasteiger partial charge in [0.2, 0.25) is 0 Å². The van der Waals surface area contributed by atoms with Crippen molar-refractivity contribution < 1.29 is 9.47 Å². The standard InChI is InChI=1S/C22H31NO2/c1-6-15-7-8-16-13-18-17-9-10-19(24-4)21(25-5)22(17,11-12-23(18)3)20(16)14(15)2/h7-8,10,17-18,21H,6,9,11-13H2,1-5H3. The van der Waals surface area contributed by atoms with Crippen LogP contribution in [0.3, 0.4) is 0 Å². The highest BCUT2D eigenvalue weighted by Gasteiger charge is 2.59. The highest BCUT2D eigenvalue weighted by molar-refractivity contribution is 5.52. The van der Waals surface area contributed by atoms with Crippen molar-refractivity contribution in [2.24, 2.45) is 5.92 Å². The first-order valence-electron chi connectivity index (χ1n) is 9.67. The second-order valence-electron chi connectivity index (χ2n) is 8.05. The normalized spacial score (nSPS) is 34.1. The molecule has 3 heteroatoms. The fourth-order valence-electron chi connectivity index (χ4n) is 6.15. The summed E-state index contributed by atoms with van der Waals surface area (Å²) in [5.41, 5.74) is 6.13. The van der Waals surface area contributed by atoms with Gasteiger partial charge in [0.05, 0.1) is 7.11 Å². The van der Waals surface area contributed by atoms with Crippen molar-refractivity contribution in [3.63, 3.8) is 0 Å². The first kappa shape index (κ1) is 17.1. The molecule has 0 spiro atoms. The summed E-state index contributed by atoms with van der Waals surface area (Å²) in [7, 11) is 5.94. The number of piperidine rings is 1. The lowest BCUT2D eigenvalue weighted by molar-refractivity contribution is -0.0749. The van der Waals surface area contributed by atoms with Gasteiger partial charge in [-0.2, -0.15) is 0 Å². The molecule has 0 radical (unpaired) electrons. The number of likely N-dealkylation sites (tertiary alicyclic amines) is 1. The number of aryl methyl sites for hydroxylation is 1. The summed E-state index contributed by atoms with van der Waals surface area (Å²) in [6, 6.07) is 5.34. The third-order valence-corrected chi connectivity index (χ3v) is 7.28. The third-order valence-electron chi connectivity index (χ3n) is 7.28. The quantitative estimate of drug-likeness (QED) is 0.838. The van der Waals surface area contributed by atoms with Crippen molar-refractivity contribution >= 4 is 0 Å². The van der Waals surface area contributed by atoms with Crippen LogP contribution in [-0.2, 0) is 27.7 Å². The predicted molar refractivity (Wildman–Crippen MR) is 101 cm³/mol. The van der Waals surface area contributed by atoms with Crippen molar-refractivity contribution in [3.05, 3.63) is 46.2 Å². The molecule has 2 bridgehead atoms. The van der Waals surface area contributed by atoms with Gasteiger partial charge in [0.1, 0.15) is 11.9 Å². The van der Waals surface area contributed by atoms with E-state index in [0.717, 1.165) is 38.0 Å². The van der Waals surface area contributed by atoms with E-state index in [4.69, 9.17) is 9.47 Å². The Balaban J connectivity index is 2.00. The third kappa shape index (κ3) is 2.18. The molecule has 0 aromatic heterocycles. The van der Waals surface area contributed by atoms with Crippen molar-refractivity contribution in [2.45, 2.75) is 57.1 Å². The maximum Gasteiger partial charge on any atom is 0.124 e. The molecule has 1 fully saturated rings. The van der Waals surface area contributed by atoms with Gasteiger partial charge in [-0.15, -0.1) is 0 Å². The van der Waals surface area contributed by atoms with Gasteiger partial charge in [0, 0.05) is 18.6 Å². The summed E-state index contributed by atoms with van der Waals surface area (Å²) in [5, 5.41) is 0. The zero-order chi connectivity index (χ0) is 17.8. The van der Waals surface area contributed by atoms with Crippen LogP contribution in [-0.4, -0.2) is 44.9 Å². The molecule has 4 atom stereocenters. The van der Waals surface area contributed by atoms with Gasteiger partial charge < -0.3 is 14.4 Å². The minimum atomic E-state index is 0.0253. The summed E-state index contributed by atoms with van der Waals surface area (Å²) in [6.07, 6.45) is 6.80. The molecule has 4 unspecified atom stereocenters. The monoisotopic (exact) mass is 341 g/mol. The second kappa shape index (κ2) is 6.14. The van der Waals surface area contributed by atoms with Crippen molar-refractivity contribution in [3.8, 4) is 0 Å². The Morgan fingerprint density at radius 3 is 2.76 bits per heavy atom. The number of methoxy groups -OCH3 is 2. The van der Waals surface area contributed by atoms with Crippen molar-refractivity contribution in [1.29, 1.82) is 0 Å². The number of hydrogen-bond donors (Lipinski definition) is 0. The van der Waals surface area contributed by atoms with Crippen LogP contribution in [0.1, 0.15) is 42.0 Å². The summed E-state index contributed by atoms with van der Waals surface area (Å²) in [5.74, 6) is 1.63. The Kier molecular flexibility index (Phi) is 4.20. The number of fused-ring (bicyclic) bond motifs is 1. The Bertz CT molecular complexity index is 710. The zero-order valence-corrected chi connectivity index (χ0v) is 16.3. The van der Waals surface area contributed by atoms with E-state index >= 15 is 0 Å². The van der Waals surface area contributed by atoms with Crippen LogP contribution in [0, 0.1) is 12.8 Å². The van der Waals surface area contributed by atoms with Gasteiger partial charge in [0.15, 0.2) is 0 Å². The van der Waals surface area contributed by atoms with Gasteiger partial charge in [0.25, 0.3) is 0 Å². The molecular formula is C22H31NO2. The zero-order valence-electron chi connectivity index (χ0n) is 16.3. The molecule has 0 saturated carbocycles. The minimum absolute atomic E-state index is 0.0253. The highest BCUT2D eigenvalue weighted by Crippen LogP contribution is 2.57. The van der Waals surface area contributed by atoms with E-state index in [1.165, 1.54) is 16.7 Å². The number of likely N-dealkylation sites (N-methyl/N-ethyl adjacent to an activating group) is 1. The number of benzene rings is 1. The molecule has 136 valence electrons. The Hall–Kier alpha value is -1.32. The second-order valence-corrected chi connectivity index (χ2v) is 8.05. The van der Waals surface area contributed by atoms with E-state index in [-0.39, 0.29) is 11.5 Å². The highest BCUT2D eigenvalue weighted by atomic mass is 16.5. The van der Waals surface area contributed by atoms with Crippen LogP contribution in [0.2, 0.25) is 0 Å². The van der Waals surface area contributed by atoms with Crippen LogP contribution in [0.25, 0.3) is 0 Å². The van der Waals surface area contributed by atoms with Gasteiger partial charge in [-0.1, -0.05) is 19.1 Å².